The second-order valence-electron chi connectivity index (χ2n) is 11.0. The zero-order valence-corrected chi connectivity index (χ0v) is 25.2. The topological polar surface area (TPSA) is 87.7 Å². The van der Waals surface area contributed by atoms with Crippen LogP contribution < -0.4 is 10.6 Å². The first kappa shape index (κ1) is 32.2. The first-order valence-electron chi connectivity index (χ1n) is 13.7. The lowest BCUT2D eigenvalue weighted by Gasteiger charge is -2.32. The number of nitrogens with one attached hydrogen (secondary N) is 2. The maximum Gasteiger partial charge on any atom is 0.408 e. The third-order valence-electron chi connectivity index (χ3n) is 6.48. The molecule has 2 rings (SSSR count). The molecule has 0 aromatic heterocycles. The molecule has 0 heterocycles. The van der Waals surface area contributed by atoms with E-state index in [-0.39, 0.29) is 18.4 Å². The molecule has 0 saturated heterocycles. The number of ether oxygens (including phenoxy) is 1. The summed E-state index contributed by atoms with van der Waals surface area (Å²) in [6.07, 6.45) is 4.25. The Morgan fingerprint density at radius 2 is 1.64 bits per heavy atom. The smallest absolute Gasteiger partial charge is 0.408 e. The summed E-state index contributed by atoms with van der Waals surface area (Å²) in [6, 6.07) is 10.3. The molecule has 0 aliphatic carbocycles. The maximum absolute atomic E-state index is 13.9. The predicted octanol–water partition coefficient (Wildman–Crippen LogP) is 7.27. The van der Waals surface area contributed by atoms with Gasteiger partial charge in [0.05, 0.1) is 10.7 Å². The number of hydrogen-bond acceptors (Lipinski definition) is 4. The van der Waals surface area contributed by atoms with Crippen molar-refractivity contribution >= 4 is 35.2 Å². The van der Waals surface area contributed by atoms with E-state index >= 15 is 0 Å². The molecule has 1 atom stereocenters. The van der Waals surface area contributed by atoms with Crippen LogP contribution in [0.4, 0.5) is 10.5 Å². The van der Waals surface area contributed by atoms with Crippen LogP contribution in [0.1, 0.15) is 88.1 Å². The molecule has 2 N–H and O–H groups in total. The number of alkyl carbamates (subject to hydrolysis) is 1. The van der Waals surface area contributed by atoms with Crippen LogP contribution >= 0.6 is 11.6 Å². The van der Waals surface area contributed by atoms with Gasteiger partial charge in [-0.05, 0) is 76.3 Å². The summed E-state index contributed by atoms with van der Waals surface area (Å²) >= 11 is 6.43. The second kappa shape index (κ2) is 14.9. The lowest BCUT2D eigenvalue weighted by Crippen LogP contribution is -2.47. The van der Waals surface area contributed by atoms with Crippen molar-refractivity contribution in [3.63, 3.8) is 0 Å². The predicted molar refractivity (Wildman–Crippen MR) is 158 cm³/mol. The molecule has 0 saturated carbocycles. The summed E-state index contributed by atoms with van der Waals surface area (Å²) in [5.74, 6) is -0.737. The van der Waals surface area contributed by atoms with Gasteiger partial charge < -0.3 is 20.3 Å². The van der Waals surface area contributed by atoms with E-state index in [1.165, 1.54) is 0 Å². The number of unbranched alkanes of at least 4 members (excludes halogenated alkanes) is 4. The number of amides is 3. The zero-order valence-electron chi connectivity index (χ0n) is 24.4. The highest BCUT2D eigenvalue weighted by Crippen LogP contribution is 2.30. The van der Waals surface area contributed by atoms with Gasteiger partial charge in [-0.15, -0.1) is 0 Å². The van der Waals surface area contributed by atoms with Gasteiger partial charge in [-0.25, -0.2) is 4.79 Å². The third kappa shape index (κ3) is 10.2. The van der Waals surface area contributed by atoms with Crippen LogP contribution in [-0.4, -0.2) is 41.5 Å². The minimum absolute atomic E-state index is 0.288. The summed E-state index contributed by atoms with van der Waals surface area (Å²) in [5.41, 5.74) is 3.43. The molecular formula is C31H44ClN3O4. The molecule has 0 fully saturated rings. The maximum atomic E-state index is 13.9. The number of anilines is 1. The highest BCUT2D eigenvalue weighted by molar-refractivity contribution is 6.34. The van der Waals surface area contributed by atoms with Gasteiger partial charge in [-0.1, -0.05) is 74.5 Å². The highest BCUT2D eigenvalue weighted by atomic mass is 35.5. The molecule has 2 aromatic rings. The molecule has 0 bridgehead atoms. The van der Waals surface area contributed by atoms with E-state index in [1.807, 2.05) is 51.1 Å². The standard InChI is InChI=1S/C31H44ClN3O4/c1-8-9-10-11-12-18-35(26(36)20-33-30(38)39-31(5,6)7)28(24-17-16-21(2)23(4)19-24)29(37)34-27-22(3)14-13-15-25(27)32/h13-17,19,28H,8-12,18,20H2,1-7H3,(H,33,38)(H,34,37). The first-order chi connectivity index (χ1) is 18.3. The van der Waals surface area contributed by atoms with Crippen molar-refractivity contribution in [2.45, 2.75) is 92.2 Å². The van der Waals surface area contributed by atoms with E-state index in [9.17, 15) is 14.4 Å². The van der Waals surface area contributed by atoms with E-state index in [1.54, 1.807) is 31.7 Å². The van der Waals surface area contributed by atoms with Crippen LogP contribution in [0.3, 0.4) is 0 Å². The Morgan fingerprint density at radius 3 is 2.26 bits per heavy atom. The van der Waals surface area contributed by atoms with E-state index in [4.69, 9.17) is 16.3 Å². The Bertz CT molecular complexity index is 1120. The Labute approximate surface area is 238 Å². The van der Waals surface area contributed by atoms with Crippen molar-refractivity contribution in [3.8, 4) is 0 Å². The number of carbonyl (C=O) groups is 3. The fourth-order valence-electron chi connectivity index (χ4n) is 4.24. The molecular weight excluding hydrogens is 514 g/mol. The monoisotopic (exact) mass is 557 g/mol. The van der Waals surface area contributed by atoms with Crippen LogP contribution in [0.15, 0.2) is 36.4 Å². The Morgan fingerprint density at radius 1 is 0.949 bits per heavy atom. The number of nitrogens with zero attached hydrogens (tertiary/aromatic N) is 1. The van der Waals surface area contributed by atoms with Gasteiger partial charge in [0.25, 0.3) is 5.91 Å². The third-order valence-corrected chi connectivity index (χ3v) is 6.80. The zero-order chi connectivity index (χ0) is 29.2. The normalized spacial score (nSPS) is 12.0. The number of carbonyl (C=O) groups excluding carboxylic acids is 3. The molecule has 8 heteroatoms. The fourth-order valence-corrected chi connectivity index (χ4v) is 4.51. The number of hydrogen-bond donors (Lipinski definition) is 2. The summed E-state index contributed by atoms with van der Waals surface area (Å²) < 4.78 is 5.31. The molecule has 0 aliphatic rings. The molecule has 39 heavy (non-hydrogen) atoms. The van der Waals surface area contributed by atoms with Crippen molar-refractivity contribution in [1.82, 2.24) is 10.2 Å². The van der Waals surface area contributed by atoms with Gasteiger partial charge in [-0.3, -0.25) is 9.59 Å². The average Bonchev–Trinajstić information content (AvgIpc) is 2.85. The molecule has 214 valence electrons. The lowest BCUT2D eigenvalue weighted by atomic mass is 9.98. The minimum Gasteiger partial charge on any atom is -0.444 e. The van der Waals surface area contributed by atoms with E-state index in [0.717, 1.165) is 48.8 Å². The highest BCUT2D eigenvalue weighted by Gasteiger charge is 2.32. The van der Waals surface area contributed by atoms with Crippen molar-refractivity contribution in [1.29, 1.82) is 0 Å². The molecule has 2 aromatic carbocycles. The Kier molecular flexibility index (Phi) is 12.3. The number of benzene rings is 2. The van der Waals surface area contributed by atoms with Crippen molar-refractivity contribution in [2.24, 2.45) is 0 Å². The van der Waals surface area contributed by atoms with Gasteiger partial charge in [0.1, 0.15) is 18.2 Å². The van der Waals surface area contributed by atoms with Crippen molar-refractivity contribution in [2.75, 3.05) is 18.4 Å². The summed E-state index contributed by atoms with van der Waals surface area (Å²) in [5, 5.41) is 5.96. The molecule has 0 radical (unpaired) electrons. The van der Waals surface area contributed by atoms with Gasteiger partial charge in [0.15, 0.2) is 0 Å². The first-order valence-corrected chi connectivity index (χ1v) is 14.1. The molecule has 0 spiro atoms. The molecule has 7 nitrogen and oxygen atoms in total. The van der Waals surface area contributed by atoms with Crippen LogP contribution in [0.5, 0.6) is 0 Å². The van der Waals surface area contributed by atoms with Crippen molar-refractivity contribution < 1.29 is 19.1 Å². The molecule has 3 amide bonds. The van der Waals surface area contributed by atoms with Crippen LogP contribution in [0.25, 0.3) is 0 Å². The summed E-state index contributed by atoms with van der Waals surface area (Å²) in [7, 11) is 0. The lowest BCUT2D eigenvalue weighted by molar-refractivity contribution is -0.138. The van der Waals surface area contributed by atoms with Crippen molar-refractivity contribution in [3.05, 3.63) is 63.7 Å². The van der Waals surface area contributed by atoms with Crippen LogP contribution in [0, 0.1) is 20.8 Å². The number of halogens is 1. The summed E-state index contributed by atoms with van der Waals surface area (Å²) in [6.45, 7) is 13.3. The van der Waals surface area contributed by atoms with Gasteiger partial charge in [-0.2, -0.15) is 0 Å². The van der Waals surface area contributed by atoms with Gasteiger partial charge >= 0.3 is 6.09 Å². The number of para-hydroxylation sites is 1. The summed E-state index contributed by atoms with van der Waals surface area (Å²) in [4.78, 5) is 41.4. The minimum atomic E-state index is -0.918. The second-order valence-corrected chi connectivity index (χ2v) is 11.4. The largest absolute Gasteiger partial charge is 0.444 e. The Balaban J connectivity index is 2.43. The fraction of sp³-hybridized carbons (Fsp3) is 0.516. The van der Waals surface area contributed by atoms with E-state index in [2.05, 4.69) is 17.6 Å². The quantitative estimate of drug-likeness (QED) is 0.269. The van der Waals surface area contributed by atoms with Crippen LogP contribution in [-0.2, 0) is 14.3 Å². The van der Waals surface area contributed by atoms with Gasteiger partial charge in [0, 0.05) is 6.54 Å². The van der Waals surface area contributed by atoms with E-state index in [0.29, 0.717) is 22.8 Å². The molecule has 1 unspecified atom stereocenters. The number of rotatable bonds is 12. The van der Waals surface area contributed by atoms with Gasteiger partial charge in [0.2, 0.25) is 5.91 Å². The molecule has 0 aliphatic heterocycles. The Hall–Kier alpha value is -3.06. The number of aryl methyl sites for hydroxylation is 3. The SMILES string of the molecule is CCCCCCCN(C(=O)CNC(=O)OC(C)(C)C)C(C(=O)Nc1c(C)cccc1Cl)c1ccc(C)c(C)c1. The van der Waals surface area contributed by atoms with Crippen LogP contribution in [0.2, 0.25) is 5.02 Å². The van der Waals surface area contributed by atoms with E-state index < -0.39 is 17.7 Å². The average molecular weight is 558 g/mol.